The first-order chi connectivity index (χ1) is 13.6. The highest BCUT2D eigenvalue weighted by Gasteiger charge is 2.11. The van der Waals surface area contributed by atoms with Crippen molar-refractivity contribution in [3.8, 4) is 5.69 Å². The maximum absolute atomic E-state index is 12.0. The standard InChI is InChI=1S/C20H21N5O2S/c1-15-7-5-6-10-17(15)25-14-22-24-20(25)28-12-11-18(26)23-19(27)21-13-16-8-3-2-4-9-16/h2-10,14H,11-13H2,1H3,(H2,21,23,26,27). The summed E-state index contributed by atoms with van der Waals surface area (Å²) in [5, 5.41) is 13.8. The number of para-hydroxylation sites is 1. The molecule has 2 N–H and O–H groups in total. The Morgan fingerprint density at radius 2 is 1.82 bits per heavy atom. The fourth-order valence-electron chi connectivity index (χ4n) is 2.57. The van der Waals surface area contributed by atoms with E-state index in [1.807, 2.05) is 66.1 Å². The summed E-state index contributed by atoms with van der Waals surface area (Å²) in [7, 11) is 0. The van der Waals surface area contributed by atoms with Crippen LogP contribution < -0.4 is 10.6 Å². The van der Waals surface area contributed by atoms with Crippen molar-refractivity contribution in [3.63, 3.8) is 0 Å². The Hall–Kier alpha value is -3.13. The molecule has 0 saturated heterocycles. The van der Waals surface area contributed by atoms with Gasteiger partial charge in [0, 0.05) is 18.7 Å². The number of benzene rings is 2. The van der Waals surface area contributed by atoms with Crippen LogP contribution in [-0.4, -0.2) is 32.5 Å². The zero-order chi connectivity index (χ0) is 19.8. The highest BCUT2D eigenvalue weighted by atomic mass is 32.2. The number of aromatic nitrogens is 3. The van der Waals surface area contributed by atoms with Crippen LogP contribution in [0.25, 0.3) is 5.69 Å². The van der Waals surface area contributed by atoms with E-state index in [0.29, 0.717) is 17.5 Å². The van der Waals surface area contributed by atoms with E-state index in [0.717, 1.165) is 16.8 Å². The number of carbonyl (C=O) groups is 2. The highest BCUT2D eigenvalue weighted by molar-refractivity contribution is 7.99. The van der Waals surface area contributed by atoms with Gasteiger partial charge in [0.2, 0.25) is 5.91 Å². The summed E-state index contributed by atoms with van der Waals surface area (Å²) in [6, 6.07) is 17.0. The quantitative estimate of drug-likeness (QED) is 0.600. The molecule has 0 spiro atoms. The van der Waals surface area contributed by atoms with Gasteiger partial charge in [-0.25, -0.2) is 4.79 Å². The number of hydrogen-bond acceptors (Lipinski definition) is 5. The van der Waals surface area contributed by atoms with Crippen molar-refractivity contribution in [3.05, 3.63) is 72.1 Å². The predicted octanol–water partition coefficient (Wildman–Crippen LogP) is 3.08. The van der Waals surface area contributed by atoms with Gasteiger partial charge in [0.1, 0.15) is 6.33 Å². The Morgan fingerprint density at radius 3 is 2.61 bits per heavy atom. The van der Waals surface area contributed by atoms with Crippen molar-refractivity contribution in [2.75, 3.05) is 5.75 Å². The Balaban J connectivity index is 1.44. The van der Waals surface area contributed by atoms with Gasteiger partial charge in [0.05, 0.1) is 5.69 Å². The number of urea groups is 1. The predicted molar refractivity (Wildman–Crippen MR) is 108 cm³/mol. The molecule has 0 fully saturated rings. The molecule has 0 bridgehead atoms. The van der Waals surface area contributed by atoms with Gasteiger partial charge in [-0.2, -0.15) is 0 Å². The van der Waals surface area contributed by atoms with Gasteiger partial charge in [-0.05, 0) is 24.1 Å². The third-order valence-corrected chi connectivity index (χ3v) is 4.95. The van der Waals surface area contributed by atoms with Crippen LogP contribution >= 0.6 is 11.8 Å². The molecule has 0 aliphatic carbocycles. The first-order valence-electron chi connectivity index (χ1n) is 8.84. The Kier molecular flexibility index (Phi) is 6.80. The van der Waals surface area contributed by atoms with Gasteiger partial charge >= 0.3 is 6.03 Å². The average molecular weight is 395 g/mol. The van der Waals surface area contributed by atoms with E-state index in [2.05, 4.69) is 20.8 Å². The van der Waals surface area contributed by atoms with Gasteiger partial charge in [-0.15, -0.1) is 10.2 Å². The van der Waals surface area contributed by atoms with Gasteiger partial charge in [0.15, 0.2) is 5.16 Å². The van der Waals surface area contributed by atoms with Crippen LogP contribution in [0.2, 0.25) is 0 Å². The first kappa shape index (κ1) is 19.6. The second-order valence-corrected chi connectivity index (χ2v) is 7.15. The number of amides is 3. The number of carbonyl (C=O) groups excluding carboxylic acids is 2. The molecule has 1 aromatic heterocycles. The monoisotopic (exact) mass is 395 g/mol. The summed E-state index contributed by atoms with van der Waals surface area (Å²) in [5.74, 6) is 0.155. The summed E-state index contributed by atoms with van der Waals surface area (Å²) in [4.78, 5) is 23.8. The van der Waals surface area contributed by atoms with Crippen molar-refractivity contribution in [2.24, 2.45) is 0 Å². The maximum atomic E-state index is 12.0. The van der Waals surface area contributed by atoms with Crippen LogP contribution in [0, 0.1) is 6.92 Å². The molecule has 0 atom stereocenters. The largest absolute Gasteiger partial charge is 0.334 e. The highest BCUT2D eigenvalue weighted by Crippen LogP contribution is 2.22. The summed E-state index contributed by atoms with van der Waals surface area (Å²) < 4.78 is 1.89. The molecule has 3 aromatic rings. The van der Waals surface area contributed by atoms with Gasteiger partial charge in [-0.3, -0.25) is 14.7 Å². The van der Waals surface area contributed by atoms with Crippen LogP contribution in [-0.2, 0) is 11.3 Å². The number of hydrogen-bond donors (Lipinski definition) is 2. The lowest BCUT2D eigenvalue weighted by molar-refractivity contribution is -0.119. The molecule has 7 nitrogen and oxygen atoms in total. The molecule has 0 aliphatic rings. The minimum absolute atomic E-state index is 0.198. The molecular weight excluding hydrogens is 374 g/mol. The summed E-state index contributed by atoms with van der Waals surface area (Å²) in [5.41, 5.74) is 3.08. The molecule has 28 heavy (non-hydrogen) atoms. The lowest BCUT2D eigenvalue weighted by atomic mass is 10.2. The molecular formula is C20H21N5O2S. The van der Waals surface area contributed by atoms with E-state index in [1.54, 1.807) is 6.33 Å². The number of nitrogens with one attached hydrogen (secondary N) is 2. The van der Waals surface area contributed by atoms with Crippen LogP contribution in [0.3, 0.4) is 0 Å². The normalized spacial score (nSPS) is 10.5. The van der Waals surface area contributed by atoms with Crippen LogP contribution in [0.4, 0.5) is 4.79 Å². The zero-order valence-corrected chi connectivity index (χ0v) is 16.3. The smallest absolute Gasteiger partial charge is 0.321 e. The fraction of sp³-hybridized carbons (Fsp3) is 0.200. The van der Waals surface area contributed by atoms with E-state index in [9.17, 15) is 9.59 Å². The minimum atomic E-state index is -0.498. The van der Waals surface area contributed by atoms with E-state index in [-0.39, 0.29) is 12.3 Å². The Bertz CT molecular complexity index is 943. The number of nitrogens with zero attached hydrogens (tertiary/aromatic N) is 3. The molecule has 144 valence electrons. The third kappa shape index (κ3) is 5.43. The number of imide groups is 1. The summed E-state index contributed by atoms with van der Waals surface area (Å²) in [6.07, 6.45) is 1.85. The average Bonchev–Trinajstić information content (AvgIpc) is 3.16. The van der Waals surface area contributed by atoms with Gasteiger partial charge < -0.3 is 5.32 Å². The second-order valence-electron chi connectivity index (χ2n) is 6.08. The van der Waals surface area contributed by atoms with Crippen molar-refractivity contribution >= 4 is 23.7 Å². The topological polar surface area (TPSA) is 88.9 Å². The number of thioether (sulfide) groups is 1. The van der Waals surface area contributed by atoms with Crippen LogP contribution in [0.5, 0.6) is 0 Å². The van der Waals surface area contributed by atoms with E-state index in [1.165, 1.54) is 11.8 Å². The number of aryl methyl sites for hydroxylation is 1. The van der Waals surface area contributed by atoms with Gasteiger partial charge in [-0.1, -0.05) is 60.3 Å². The minimum Gasteiger partial charge on any atom is -0.334 e. The number of rotatable bonds is 7. The molecule has 0 aliphatic heterocycles. The van der Waals surface area contributed by atoms with Crippen LogP contribution in [0.15, 0.2) is 66.1 Å². The Morgan fingerprint density at radius 1 is 1.07 bits per heavy atom. The molecule has 3 amide bonds. The van der Waals surface area contributed by atoms with E-state index >= 15 is 0 Å². The zero-order valence-electron chi connectivity index (χ0n) is 15.5. The lowest BCUT2D eigenvalue weighted by Crippen LogP contribution is -2.39. The molecule has 0 saturated carbocycles. The molecule has 3 rings (SSSR count). The van der Waals surface area contributed by atoms with Crippen molar-refractivity contribution in [1.29, 1.82) is 0 Å². The molecule has 8 heteroatoms. The first-order valence-corrected chi connectivity index (χ1v) is 9.82. The Labute approximate surface area is 167 Å². The van der Waals surface area contributed by atoms with E-state index < -0.39 is 6.03 Å². The van der Waals surface area contributed by atoms with Crippen molar-refractivity contribution < 1.29 is 9.59 Å². The van der Waals surface area contributed by atoms with Crippen LogP contribution in [0.1, 0.15) is 17.5 Å². The second kappa shape index (κ2) is 9.70. The van der Waals surface area contributed by atoms with Crippen molar-refractivity contribution in [2.45, 2.75) is 25.0 Å². The summed E-state index contributed by atoms with van der Waals surface area (Å²) in [6.45, 7) is 2.39. The summed E-state index contributed by atoms with van der Waals surface area (Å²) >= 11 is 1.42. The fourth-order valence-corrected chi connectivity index (χ4v) is 3.43. The third-order valence-electron chi connectivity index (χ3n) is 4.00. The van der Waals surface area contributed by atoms with E-state index in [4.69, 9.17) is 0 Å². The molecule has 1 heterocycles. The SMILES string of the molecule is Cc1ccccc1-n1cnnc1SCCC(=O)NC(=O)NCc1ccccc1. The maximum Gasteiger partial charge on any atom is 0.321 e. The lowest BCUT2D eigenvalue weighted by Gasteiger charge is -2.09. The van der Waals surface area contributed by atoms with Gasteiger partial charge in [0.25, 0.3) is 0 Å². The molecule has 0 radical (unpaired) electrons. The molecule has 2 aromatic carbocycles. The molecule has 0 unspecified atom stereocenters. The van der Waals surface area contributed by atoms with Crippen molar-refractivity contribution in [1.82, 2.24) is 25.4 Å².